The molecule has 2 aliphatic heterocycles. The molecule has 0 spiro atoms. The number of aliphatic hydroxyl groups excluding tert-OH is 2. The fourth-order valence-electron chi connectivity index (χ4n) is 9.82. The molecule has 7 heteroatoms. The van der Waals surface area contributed by atoms with Crippen LogP contribution in [-0.4, -0.2) is 64.2 Å². The molecule has 0 aromatic carbocycles. The first-order valence-corrected chi connectivity index (χ1v) is 14.3. The monoisotopic (exact) mass is 504 g/mol. The predicted molar refractivity (Wildman–Crippen MR) is 132 cm³/mol. The van der Waals surface area contributed by atoms with Gasteiger partial charge in [0.05, 0.1) is 23.9 Å². The van der Waals surface area contributed by atoms with Crippen LogP contribution in [-0.2, 0) is 19.0 Å². The standard InChI is InChI=1S/C29H44O7/c1-16-26(32)23(30)14-25(35-16)36-19-6-9-27(2)18(13-19)4-5-22-21(27)7-10-28(3)20(8-11-29(22,28)33)17-12-24(31)34-15-17/h12,16,18-23,25-26,30,32-33H,4-11,13-15H2,1-3H3/t16-,18-,19+,20-,21-,22+,23+,25-,26+,27+,28-,29+/m1/s1. The maximum atomic E-state index is 12.4. The Morgan fingerprint density at radius 2 is 1.81 bits per heavy atom. The van der Waals surface area contributed by atoms with Gasteiger partial charge in [-0.05, 0) is 99.4 Å². The van der Waals surface area contributed by atoms with Crippen LogP contribution in [0.25, 0.3) is 0 Å². The van der Waals surface area contributed by atoms with Crippen molar-refractivity contribution in [2.24, 2.45) is 34.5 Å². The molecule has 0 amide bonds. The normalized spacial score (nSPS) is 54.8. The van der Waals surface area contributed by atoms with Gasteiger partial charge in [0.1, 0.15) is 12.7 Å². The summed E-state index contributed by atoms with van der Waals surface area (Å²) in [6.07, 6.45) is 8.64. The minimum atomic E-state index is -0.856. The number of carbonyl (C=O) groups is 1. The number of hydrogen-bond acceptors (Lipinski definition) is 7. The molecule has 2 heterocycles. The summed E-state index contributed by atoms with van der Waals surface area (Å²) in [5.41, 5.74) is 0.404. The molecular formula is C29H44O7. The molecule has 6 rings (SSSR count). The summed E-state index contributed by atoms with van der Waals surface area (Å²) in [5, 5.41) is 32.5. The molecule has 0 aromatic rings. The topological polar surface area (TPSA) is 105 Å². The Morgan fingerprint density at radius 1 is 1.00 bits per heavy atom. The van der Waals surface area contributed by atoms with Crippen molar-refractivity contribution < 1.29 is 34.3 Å². The first-order valence-electron chi connectivity index (χ1n) is 14.3. The third kappa shape index (κ3) is 3.67. The van der Waals surface area contributed by atoms with Gasteiger partial charge in [-0.15, -0.1) is 0 Å². The molecule has 0 aromatic heterocycles. The van der Waals surface area contributed by atoms with E-state index in [-0.39, 0.29) is 28.8 Å². The molecule has 4 aliphatic carbocycles. The number of fused-ring (bicyclic) bond motifs is 5. The van der Waals surface area contributed by atoms with Gasteiger partial charge >= 0.3 is 5.97 Å². The van der Waals surface area contributed by atoms with Crippen LogP contribution >= 0.6 is 0 Å². The molecule has 12 atom stereocenters. The van der Waals surface area contributed by atoms with Gasteiger partial charge in [-0.1, -0.05) is 13.8 Å². The largest absolute Gasteiger partial charge is 0.458 e. The second kappa shape index (κ2) is 8.77. The lowest BCUT2D eigenvalue weighted by atomic mass is 9.43. The van der Waals surface area contributed by atoms with E-state index in [4.69, 9.17) is 14.2 Å². The molecule has 3 N–H and O–H groups in total. The predicted octanol–water partition coefficient (Wildman–Crippen LogP) is 3.49. The summed E-state index contributed by atoms with van der Waals surface area (Å²) in [6, 6.07) is 0. The van der Waals surface area contributed by atoms with Gasteiger partial charge in [-0.2, -0.15) is 0 Å². The van der Waals surface area contributed by atoms with Crippen LogP contribution in [0.2, 0.25) is 0 Å². The molecule has 1 saturated heterocycles. The van der Waals surface area contributed by atoms with Gasteiger partial charge in [0.15, 0.2) is 6.29 Å². The third-order valence-electron chi connectivity index (χ3n) is 12.0. The lowest BCUT2D eigenvalue weighted by Gasteiger charge is -2.63. The minimum Gasteiger partial charge on any atom is -0.458 e. The van der Waals surface area contributed by atoms with E-state index in [0.29, 0.717) is 30.8 Å². The molecule has 0 radical (unpaired) electrons. The van der Waals surface area contributed by atoms with E-state index in [0.717, 1.165) is 63.4 Å². The Kier molecular flexibility index (Phi) is 6.16. The molecule has 0 unspecified atom stereocenters. The molecule has 5 fully saturated rings. The van der Waals surface area contributed by atoms with Crippen molar-refractivity contribution >= 4 is 5.97 Å². The Hall–Kier alpha value is -0.990. The SMILES string of the molecule is C[C@H]1O[C@H](O[C@H]2CC[C@@]3(C)[C@H](CC[C@H]4[C@H]3CC[C@]3(C)[C@@H](C5=CC(=O)OC5)CC[C@]43O)C2)C[C@H](O)[C@H]1O. The smallest absolute Gasteiger partial charge is 0.331 e. The number of rotatable bonds is 3. The first-order chi connectivity index (χ1) is 17.0. The fourth-order valence-corrected chi connectivity index (χ4v) is 9.82. The van der Waals surface area contributed by atoms with E-state index in [1.165, 1.54) is 0 Å². The van der Waals surface area contributed by atoms with Gasteiger partial charge in [0.25, 0.3) is 0 Å². The van der Waals surface area contributed by atoms with Crippen molar-refractivity contribution in [1.29, 1.82) is 0 Å². The van der Waals surface area contributed by atoms with Crippen molar-refractivity contribution in [3.8, 4) is 0 Å². The zero-order valence-corrected chi connectivity index (χ0v) is 22.0. The highest BCUT2D eigenvalue weighted by Crippen LogP contribution is 2.70. The average Bonchev–Trinajstić information content (AvgIpc) is 3.37. The van der Waals surface area contributed by atoms with Gasteiger partial charge < -0.3 is 29.5 Å². The van der Waals surface area contributed by atoms with Crippen LogP contribution in [0.1, 0.15) is 85.0 Å². The highest BCUT2D eigenvalue weighted by molar-refractivity contribution is 5.85. The molecular weight excluding hydrogens is 460 g/mol. The number of esters is 1. The van der Waals surface area contributed by atoms with E-state index < -0.39 is 30.2 Å². The van der Waals surface area contributed by atoms with Crippen LogP contribution in [0, 0.1) is 34.5 Å². The van der Waals surface area contributed by atoms with Crippen molar-refractivity contribution in [2.75, 3.05) is 6.61 Å². The number of cyclic esters (lactones) is 1. The summed E-state index contributed by atoms with van der Waals surface area (Å²) < 4.78 is 17.4. The number of ether oxygens (including phenoxy) is 3. The molecule has 36 heavy (non-hydrogen) atoms. The second-order valence-electron chi connectivity index (χ2n) is 13.4. The van der Waals surface area contributed by atoms with Crippen LogP contribution in [0.15, 0.2) is 11.6 Å². The Labute approximate surface area is 214 Å². The van der Waals surface area contributed by atoms with Gasteiger partial charge in [0, 0.05) is 17.9 Å². The van der Waals surface area contributed by atoms with E-state index in [9.17, 15) is 20.1 Å². The minimum absolute atomic E-state index is 0.110. The lowest BCUT2D eigenvalue weighted by Crippen LogP contribution is -2.62. The third-order valence-corrected chi connectivity index (χ3v) is 12.0. The average molecular weight is 505 g/mol. The molecule has 0 bridgehead atoms. The first kappa shape index (κ1) is 25.3. The fraction of sp³-hybridized carbons (Fsp3) is 0.897. The van der Waals surface area contributed by atoms with Gasteiger partial charge in [0.2, 0.25) is 0 Å². The van der Waals surface area contributed by atoms with Crippen LogP contribution < -0.4 is 0 Å². The van der Waals surface area contributed by atoms with Gasteiger partial charge in [-0.3, -0.25) is 0 Å². The lowest BCUT2D eigenvalue weighted by molar-refractivity contribution is -0.270. The van der Waals surface area contributed by atoms with Crippen molar-refractivity contribution in [3.05, 3.63) is 11.6 Å². The highest BCUT2D eigenvalue weighted by Gasteiger charge is 2.67. The number of hydrogen-bond donors (Lipinski definition) is 3. The zero-order valence-electron chi connectivity index (χ0n) is 22.0. The maximum absolute atomic E-state index is 12.4. The molecule has 202 valence electrons. The second-order valence-corrected chi connectivity index (χ2v) is 13.4. The summed E-state index contributed by atoms with van der Waals surface area (Å²) in [5.74, 6) is 1.37. The van der Waals surface area contributed by atoms with Crippen molar-refractivity contribution in [3.63, 3.8) is 0 Å². The van der Waals surface area contributed by atoms with E-state index in [2.05, 4.69) is 13.8 Å². The summed E-state index contributed by atoms with van der Waals surface area (Å²) in [6.45, 7) is 6.92. The molecule has 7 nitrogen and oxygen atoms in total. The Balaban J connectivity index is 1.15. The van der Waals surface area contributed by atoms with Crippen LogP contribution in [0.5, 0.6) is 0 Å². The summed E-state index contributed by atoms with van der Waals surface area (Å²) in [7, 11) is 0. The summed E-state index contributed by atoms with van der Waals surface area (Å²) >= 11 is 0. The summed E-state index contributed by atoms with van der Waals surface area (Å²) in [4.78, 5) is 11.8. The number of aliphatic hydroxyl groups is 3. The van der Waals surface area contributed by atoms with Crippen molar-refractivity contribution in [2.45, 2.75) is 121 Å². The van der Waals surface area contributed by atoms with E-state index >= 15 is 0 Å². The van der Waals surface area contributed by atoms with Crippen LogP contribution in [0.4, 0.5) is 0 Å². The quantitative estimate of drug-likeness (QED) is 0.399. The Bertz CT molecular complexity index is 907. The molecule has 4 saturated carbocycles. The zero-order chi connectivity index (χ0) is 25.5. The highest BCUT2D eigenvalue weighted by atomic mass is 16.7. The van der Waals surface area contributed by atoms with Crippen LogP contribution in [0.3, 0.4) is 0 Å². The number of carbonyl (C=O) groups excluding carboxylic acids is 1. The molecule has 6 aliphatic rings. The maximum Gasteiger partial charge on any atom is 0.331 e. The van der Waals surface area contributed by atoms with E-state index in [1.54, 1.807) is 13.0 Å². The Morgan fingerprint density at radius 3 is 2.53 bits per heavy atom. The van der Waals surface area contributed by atoms with Crippen molar-refractivity contribution in [1.82, 2.24) is 0 Å². The van der Waals surface area contributed by atoms with E-state index in [1.807, 2.05) is 0 Å². The van der Waals surface area contributed by atoms with Gasteiger partial charge in [-0.25, -0.2) is 4.79 Å².